The number of ether oxygens (including phenoxy) is 1. The van der Waals surface area contributed by atoms with Crippen LogP contribution in [0.3, 0.4) is 0 Å². The molecule has 0 N–H and O–H groups in total. The number of alkyl halides is 2. The van der Waals surface area contributed by atoms with E-state index >= 15 is 0 Å². The van der Waals surface area contributed by atoms with Crippen LogP contribution in [0.5, 0.6) is 5.75 Å². The minimum atomic E-state index is -0.321. The van der Waals surface area contributed by atoms with E-state index in [1.165, 1.54) is 0 Å². The summed E-state index contributed by atoms with van der Waals surface area (Å²) in [5.41, 5.74) is 1.73. The summed E-state index contributed by atoms with van der Waals surface area (Å²) < 4.78 is 5.13. The van der Waals surface area contributed by atoms with Crippen molar-refractivity contribution in [1.29, 1.82) is 0 Å². The van der Waals surface area contributed by atoms with Crippen LogP contribution in [0.15, 0.2) is 54.6 Å². The van der Waals surface area contributed by atoms with Gasteiger partial charge in [-0.3, -0.25) is 4.79 Å². The summed E-state index contributed by atoms with van der Waals surface area (Å²) in [7, 11) is 1.63. The summed E-state index contributed by atoms with van der Waals surface area (Å²) in [5, 5.41) is 0. The molecule has 104 valence electrons. The average molecular weight is 398 g/mol. The van der Waals surface area contributed by atoms with Gasteiger partial charge in [-0.15, -0.1) is 0 Å². The third-order valence-electron chi connectivity index (χ3n) is 3.00. The molecule has 0 fully saturated rings. The van der Waals surface area contributed by atoms with Gasteiger partial charge in [-0.05, 0) is 17.7 Å². The molecule has 0 saturated heterocycles. The van der Waals surface area contributed by atoms with E-state index in [0.717, 1.165) is 11.3 Å². The van der Waals surface area contributed by atoms with Gasteiger partial charge in [0.2, 0.25) is 0 Å². The van der Waals surface area contributed by atoms with Crippen molar-refractivity contribution in [3.05, 3.63) is 65.7 Å². The Bertz CT molecular complexity index is 567. The predicted octanol–water partition coefficient (Wildman–Crippen LogP) is 4.78. The molecule has 0 aliphatic carbocycles. The molecule has 2 atom stereocenters. The van der Waals surface area contributed by atoms with Crippen molar-refractivity contribution in [1.82, 2.24) is 0 Å². The summed E-state index contributed by atoms with van der Waals surface area (Å²) >= 11 is 7.08. The zero-order chi connectivity index (χ0) is 14.5. The SMILES string of the molecule is COc1ccc([C@H](Br)[C@H](Br)C(=O)c2ccccc2)cc1. The molecule has 0 aliphatic rings. The number of benzene rings is 2. The maximum absolute atomic E-state index is 12.4. The fraction of sp³-hybridized carbons (Fsp3) is 0.188. The highest BCUT2D eigenvalue weighted by Crippen LogP contribution is 2.34. The number of rotatable bonds is 5. The van der Waals surface area contributed by atoms with Crippen LogP contribution in [0.25, 0.3) is 0 Å². The lowest BCUT2D eigenvalue weighted by molar-refractivity contribution is 0.0991. The standard InChI is InChI=1S/C16H14Br2O2/c1-20-13-9-7-11(8-10-13)14(17)15(18)16(19)12-5-3-2-4-6-12/h2-10,14-15H,1H3/t14-,15-/m0/s1. The van der Waals surface area contributed by atoms with Crippen LogP contribution < -0.4 is 4.74 Å². The molecule has 0 radical (unpaired) electrons. The second kappa shape index (κ2) is 7.04. The second-order valence-corrected chi connectivity index (χ2v) is 6.28. The van der Waals surface area contributed by atoms with Gasteiger partial charge in [0, 0.05) is 5.56 Å². The van der Waals surface area contributed by atoms with Gasteiger partial charge in [-0.1, -0.05) is 74.3 Å². The lowest BCUT2D eigenvalue weighted by Gasteiger charge is -2.16. The molecule has 0 aromatic heterocycles. The average Bonchev–Trinajstić information content (AvgIpc) is 2.53. The van der Waals surface area contributed by atoms with Crippen LogP contribution in [-0.4, -0.2) is 17.7 Å². The smallest absolute Gasteiger partial charge is 0.177 e. The van der Waals surface area contributed by atoms with Gasteiger partial charge in [0.1, 0.15) is 5.75 Å². The predicted molar refractivity (Wildman–Crippen MR) is 88.1 cm³/mol. The van der Waals surface area contributed by atoms with E-state index in [1.54, 1.807) is 7.11 Å². The molecular weight excluding hydrogens is 384 g/mol. The highest BCUT2D eigenvalue weighted by Gasteiger charge is 2.25. The van der Waals surface area contributed by atoms with Crippen LogP contribution in [0.2, 0.25) is 0 Å². The summed E-state index contributed by atoms with van der Waals surface area (Å²) in [6.07, 6.45) is 0. The largest absolute Gasteiger partial charge is 0.497 e. The minimum Gasteiger partial charge on any atom is -0.497 e. The Kier molecular flexibility index (Phi) is 5.38. The van der Waals surface area contributed by atoms with Crippen molar-refractivity contribution in [2.24, 2.45) is 0 Å². The van der Waals surface area contributed by atoms with E-state index in [9.17, 15) is 4.79 Å². The van der Waals surface area contributed by atoms with Crippen molar-refractivity contribution < 1.29 is 9.53 Å². The number of methoxy groups -OCH3 is 1. The molecule has 0 saturated carbocycles. The summed E-state index contributed by atoms with van der Waals surface area (Å²) in [6, 6.07) is 16.9. The van der Waals surface area contributed by atoms with Gasteiger partial charge in [0.25, 0.3) is 0 Å². The zero-order valence-electron chi connectivity index (χ0n) is 10.9. The van der Waals surface area contributed by atoms with E-state index < -0.39 is 0 Å². The van der Waals surface area contributed by atoms with Crippen LogP contribution in [-0.2, 0) is 0 Å². The lowest BCUT2D eigenvalue weighted by atomic mass is 10.0. The van der Waals surface area contributed by atoms with Crippen molar-refractivity contribution >= 4 is 37.6 Å². The molecule has 0 bridgehead atoms. The van der Waals surface area contributed by atoms with E-state index in [2.05, 4.69) is 31.9 Å². The van der Waals surface area contributed by atoms with Crippen LogP contribution >= 0.6 is 31.9 Å². The van der Waals surface area contributed by atoms with Gasteiger partial charge in [0.05, 0.1) is 16.8 Å². The molecule has 2 nitrogen and oxygen atoms in total. The lowest BCUT2D eigenvalue weighted by Crippen LogP contribution is -2.19. The Labute approximate surface area is 135 Å². The van der Waals surface area contributed by atoms with Crippen molar-refractivity contribution in [3.8, 4) is 5.75 Å². The van der Waals surface area contributed by atoms with Crippen LogP contribution in [0.1, 0.15) is 20.7 Å². The number of Topliss-reactive ketones (excluding diaryl/α,β-unsaturated/α-hetero) is 1. The van der Waals surface area contributed by atoms with Crippen LogP contribution in [0.4, 0.5) is 0 Å². The zero-order valence-corrected chi connectivity index (χ0v) is 14.1. The Hall–Kier alpha value is -1.13. The molecule has 20 heavy (non-hydrogen) atoms. The molecule has 2 aromatic rings. The van der Waals surface area contributed by atoms with Crippen LogP contribution in [0, 0.1) is 0 Å². The van der Waals surface area contributed by atoms with Gasteiger partial charge < -0.3 is 4.74 Å². The normalized spacial score (nSPS) is 13.6. The number of carbonyl (C=O) groups excluding carboxylic acids is 1. The Morgan fingerprint density at radius 3 is 2.15 bits per heavy atom. The van der Waals surface area contributed by atoms with E-state index in [4.69, 9.17) is 4.74 Å². The second-order valence-electron chi connectivity index (χ2n) is 4.31. The quantitative estimate of drug-likeness (QED) is 0.536. The van der Waals surface area contributed by atoms with Crippen molar-refractivity contribution in [2.45, 2.75) is 9.65 Å². The molecule has 0 heterocycles. The minimum absolute atomic E-state index is 0.0586. The first-order valence-corrected chi connectivity index (χ1v) is 7.98. The van der Waals surface area contributed by atoms with E-state index in [-0.39, 0.29) is 15.4 Å². The van der Waals surface area contributed by atoms with Gasteiger partial charge >= 0.3 is 0 Å². The number of halogens is 2. The number of carbonyl (C=O) groups is 1. The maximum Gasteiger partial charge on any atom is 0.177 e. The first-order valence-electron chi connectivity index (χ1n) is 6.15. The molecule has 0 spiro atoms. The topological polar surface area (TPSA) is 26.3 Å². The molecule has 2 aromatic carbocycles. The van der Waals surface area contributed by atoms with Gasteiger partial charge in [-0.25, -0.2) is 0 Å². The highest BCUT2D eigenvalue weighted by atomic mass is 79.9. The molecule has 0 aliphatic heterocycles. The summed E-state index contributed by atoms with van der Waals surface area (Å²) in [5.74, 6) is 0.859. The van der Waals surface area contributed by atoms with Crippen molar-refractivity contribution in [2.75, 3.05) is 7.11 Å². The van der Waals surface area contributed by atoms with E-state index in [0.29, 0.717) is 5.56 Å². The Morgan fingerprint density at radius 1 is 1.00 bits per heavy atom. The molecule has 4 heteroatoms. The van der Waals surface area contributed by atoms with E-state index in [1.807, 2.05) is 54.6 Å². The first-order chi connectivity index (χ1) is 9.63. The monoisotopic (exact) mass is 396 g/mol. The molecular formula is C16H14Br2O2. The molecule has 2 rings (SSSR count). The Balaban J connectivity index is 2.15. The molecule has 0 amide bonds. The van der Waals surface area contributed by atoms with Gasteiger partial charge in [-0.2, -0.15) is 0 Å². The fourth-order valence-corrected chi connectivity index (χ4v) is 2.97. The summed E-state index contributed by atoms with van der Waals surface area (Å²) in [6.45, 7) is 0. The van der Waals surface area contributed by atoms with Crippen molar-refractivity contribution in [3.63, 3.8) is 0 Å². The highest BCUT2D eigenvalue weighted by molar-refractivity contribution is 9.12. The first kappa shape index (κ1) is 15.3. The fourth-order valence-electron chi connectivity index (χ4n) is 1.85. The Morgan fingerprint density at radius 2 is 1.60 bits per heavy atom. The molecule has 0 unspecified atom stereocenters. The summed E-state index contributed by atoms with van der Waals surface area (Å²) in [4.78, 5) is 12.0. The third kappa shape index (κ3) is 3.49. The number of hydrogen-bond donors (Lipinski definition) is 0. The van der Waals surface area contributed by atoms with Gasteiger partial charge in [0.15, 0.2) is 5.78 Å². The maximum atomic E-state index is 12.4. The number of hydrogen-bond acceptors (Lipinski definition) is 2. The number of ketones is 1. The third-order valence-corrected chi connectivity index (χ3v) is 5.71.